The molecule has 0 aromatic heterocycles. The summed E-state index contributed by atoms with van der Waals surface area (Å²) in [5, 5.41) is 6.25. The molecule has 1 aliphatic rings. The summed E-state index contributed by atoms with van der Waals surface area (Å²) >= 11 is 0. The summed E-state index contributed by atoms with van der Waals surface area (Å²) in [4.78, 5) is 11.5. The van der Waals surface area contributed by atoms with Crippen LogP contribution in [0.4, 0.5) is 0 Å². The molecule has 0 spiro atoms. The lowest BCUT2D eigenvalue weighted by Crippen LogP contribution is -2.43. The van der Waals surface area contributed by atoms with Gasteiger partial charge < -0.3 is 10.6 Å². The van der Waals surface area contributed by atoms with Crippen molar-refractivity contribution >= 4 is 5.91 Å². The Labute approximate surface area is 99.4 Å². The minimum atomic E-state index is 0.109. The predicted molar refractivity (Wildman–Crippen MR) is 67.3 cm³/mol. The first-order chi connectivity index (χ1) is 7.59. The predicted octanol–water partition coefficient (Wildman–Crippen LogP) is 2.07. The van der Waals surface area contributed by atoms with Gasteiger partial charge in [-0.05, 0) is 39.5 Å². The number of carbonyl (C=O) groups excluding carboxylic acids is 1. The molecule has 1 unspecified atom stereocenters. The van der Waals surface area contributed by atoms with Crippen LogP contribution in [0.25, 0.3) is 0 Å². The second kappa shape index (κ2) is 6.89. The van der Waals surface area contributed by atoms with Crippen LogP contribution >= 0.6 is 0 Å². The summed E-state index contributed by atoms with van der Waals surface area (Å²) < 4.78 is 0. The Morgan fingerprint density at radius 2 is 1.81 bits per heavy atom. The van der Waals surface area contributed by atoms with E-state index in [1.165, 1.54) is 32.1 Å². The van der Waals surface area contributed by atoms with Crippen LogP contribution in [0.5, 0.6) is 0 Å². The first-order valence-electron chi connectivity index (χ1n) is 6.62. The van der Waals surface area contributed by atoms with Crippen molar-refractivity contribution in [2.45, 2.75) is 65.0 Å². The lowest BCUT2D eigenvalue weighted by atomic mass is 9.84. The van der Waals surface area contributed by atoms with Crippen molar-refractivity contribution in [3.8, 4) is 0 Å². The van der Waals surface area contributed by atoms with Gasteiger partial charge in [0.15, 0.2) is 0 Å². The van der Waals surface area contributed by atoms with Gasteiger partial charge in [-0.1, -0.05) is 19.3 Å². The van der Waals surface area contributed by atoms with Crippen LogP contribution < -0.4 is 10.6 Å². The van der Waals surface area contributed by atoms with Crippen molar-refractivity contribution in [2.75, 3.05) is 6.54 Å². The minimum absolute atomic E-state index is 0.109. The SMILES string of the molecule is CC(C)NC(=O)CNC(C)C1CCCCC1. The quantitative estimate of drug-likeness (QED) is 0.753. The average molecular weight is 226 g/mol. The van der Waals surface area contributed by atoms with Crippen LogP contribution in [0, 0.1) is 5.92 Å². The van der Waals surface area contributed by atoms with Crippen molar-refractivity contribution in [1.82, 2.24) is 10.6 Å². The fraction of sp³-hybridized carbons (Fsp3) is 0.923. The summed E-state index contributed by atoms with van der Waals surface area (Å²) in [7, 11) is 0. The van der Waals surface area contributed by atoms with Gasteiger partial charge >= 0.3 is 0 Å². The number of amides is 1. The molecule has 0 radical (unpaired) electrons. The van der Waals surface area contributed by atoms with Crippen LogP contribution in [0.15, 0.2) is 0 Å². The van der Waals surface area contributed by atoms with Crippen molar-refractivity contribution in [3.05, 3.63) is 0 Å². The van der Waals surface area contributed by atoms with E-state index in [0.29, 0.717) is 12.6 Å². The molecule has 0 heterocycles. The zero-order chi connectivity index (χ0) is 12.0. The Bertz CT molecular complexity index is 210. The molecule has 94 valence electrons. The van der Waals surface area contributed by atoms with Crippen molar-refractivity contribution in [1.29, 1.82) is 0 Å². The van der Waals surface area contributed by atoms with E-state index in [1.807, 2.05) is 13.8 Å². The minimum Gasteiger partial charge on any atom is -0.353 e. The maximum Gasteiger partial charge on any atom is 0.234 e. The van der Waals surface area contributed by atoms with Crippen LogP contribution in [0.2, 0.25) is 0 Å². The zero-order valence-electron chi connectivity index (χ0n) is 10.9. The molecule has 0 bridgehead atoms. The Morgan fingerprint density at radius 1 is 1.19 bits per heavy atom. The van der Waals surface area contributed by atoms with Crippen molar-refractivity contribution < 1.29 is 4.79 Å². The maximum absolute atomic E-state index is 11.5. The monoisotopic (exact) mass is 226 g/mol. The third-order valence-electron chi connectivity index (χ3n) is 3.39. The lowest BCUT2D eigenvalue weighted by molar-refractivity contribution is -0.120. The van der Waals surface area contributed by atoms with Gasteiger partial charge in [-0.25, -0.2) is 0 Å². The molecule has 3 nitrogen and oxygen atoms in total. The molecule has 1 atom stereocenters. The average Bonchev–Trinajstić information content (AvgIpc) is 2.26. The standard InChI is InChI=1S/C13H26N2O/c1-10(2)15-13(16)9-14-11(3)12-7-5-4-6-8-12/h10-12,14H,4-9H2,1-3H3,(H,15,16). The summed E-state index contributed by atoms with van der Waals surface area (Å²) in [6, 6.07) is 0.706. The third kappa shape index (κ3) is 4.97. The molecule has 0 aromatic carbocycles. The molecule has 16 heavy (non-hydrogen) atoms. The normalized spacial score (nSPS) is 19.8. The molecule has 1 aliphatic carbocycles. The Hall–Kier alpha value is -0.570. The van der Waals surface area contributed by atoms with Gasteiger partial charge in [0.05, 0.1) is 6.54 Å². The van der Waals surface area contributed by atoms with Crippen LogP contribution in [-0.4, -0.2) is 24.5 Å². The smallest absolute Gasteiger partial charge is 0.234 e. The first-order valence-corrected chi connectivity index (χ1v) is 6.62. The van der Waals surface area contributed by atoms with Crippen LogP contribution in [-0.2, 0) is 4.79 Å². The molecule has 1 amide bonds. The van der Waals surface area contributed by atoms with Gasteiger partial charge in [0.2, 0.25) is 5.91 Å². The van der Waals surface area contributed by atoms with Crippen molar-refractivity contribution in [3.63, 3.8) is 0 Å². The summed E-state index contributed by atoms with van der Waals surface area (Å²) in [6.45, 7) is 6.64. The second-order valence-corrected chi connectivity index (χ2v) is 5.29. The lowest BCUT2D eigenvalue weighted by Gasteiger charge is -2.28. The highest BCUT2D eigenvalue weighted by molar-refractivity contribution is 5.78. The Morgan fingerprint density at radius 3 is 2.38 bits per heavy atom. The molecule has 1 fully saturated rings. The second-order valence-electron chi connectivity index (χ2n) is 5.29. The largest absolute Gasteiger partial charge is 0.353 e. The number of nitrogens with one attached hydrogen (secondary N) is 2. The summed E-state index contributed by atoms with van der Waals surface area (Å²) in [6.07, 6.45) is 6.74. The highest BCUT2D eigenvalue weighted by Crippen LogP contribution is 2.26. The van der Waals surface area contributed by atoms with Gasteiger partial charge in [-0.15, -0.1) is 0 Å². The van der Waals surface area contributed by atoms with Gasteiger partial charge in [-0.2, -0.15) is 0 Å². The fourth-order valence-electron chi connectivity index (χ4n) is 2.43. The number of carbonyl (C=O) groups is 1. The highest BCUT2D eigenvalue weighted by atomic mass is 16.1. The van der Waals surface area contributed by atoms with E-state index < -0.39 is 0 Å². The highest BCUT2D eigenvalue weighted by Gasteiger charge is 2.20. The Balaban J connectivity index is 2.18. The van der Waals surface area contributed by atoms with E-state index >= 15 is 0 Å². The van der Waals surface area contributed by atoms with E-state index in [9.17, 15) is 4.79 Å². The first kappa shape index (κ1) is 13.5. The van der Waals surface area contributed by atoms with Crippen molar-refractivity contribution in [2.24, 2.45) is 5.92 Å². The number of rotatable bonds is 5. The topological polar surface area (TPSA) is 41.1 Å². The zero-order valence-corrected chi connectivity index (χ0v) is 10.9. The summed E-state index contributed by atoms with van der Waals surface area (Å²) in [5.74, 6) is 0.873. The van der Waals surface area contributed by atoms with E-state index in [1.54, 1.807) is 0 Å². The third-order valence-corrected chi connectivity index (χ3v) is 3.39. The van der Waals surface area contributed by atoms with E-state index in [-0.39, 0.29) is 11.9 Å². The maximum atomic E-state index is 11.5. The molecule has 0 saturated heterocycles. The van der Waals surface area contributed by atoms with Crippen LogP contribution in [0.3, 0.4) is 0 Å². The van der Waals surface area contributed by atoms with Gasteiger partial charge in [0.1, 0.15) is 0 Å². The molecule has 2 N–H and O–H groups in total. The molecule has 3 heteroatoms. The molecular weight excluding hydrogens is 200 g/mol. The van der Waals surface area contributed by atoms with E-state index in [0.717, 1.165) is 5.92 Å². The van der Waals surface area contributed by atoms with Gasteiger partial charge in [-0.3, -0.25) is 4.79 Å². The molecule has 0 aliphatic heterocycles. The Kier molecular flexibility index (Phi) is 5.81. The number of hydrogen-bond acceptors (Lipinski definition) is 2. The molecule has 1 rings (SSSR count). The molecule has 1 saturated carbocycles. The molecular formula is C13H26N2O. The fourth-order valence-corrected chi connectivity index (χ4v) is 2.43. The van der Waals surface area contributed by atoms with Crippen LogP contribution in [0.1, 0.15) is 52.9 Å². The molecule has 0 aromatic rings. The van der Waals surface area contributed by atoms with E-state index in [4.69, 9.17) is 0 Å². The van der Waals surface area contributed by atoms with Gasteiger partial charge in [0, 0.05) is 12.1 Å². The summed E-state index contributed by atoms with van der Waals surface area (Å²) in [5.41, 5.74) is 0. The van der Waals surface area contributed by atoms with E-state index in [2.05, 4.69) is 17.6 Å². The number of hydrogen-bond donors (Lipinski definition) is 2. The van der Waals surface area contributed by atoms with Gasteiger partial charge in [0.25, 0.3) is 0 Å².